The number of hydrogen-bond acceptors (Lipinski definition) is 3. The van der Waals surface area contributed by atoms with Crippen LogP contribution in [0.4, 0.5) is 14.9 Å². The van der Waals surface area contributed by atoms with Gasteiger partial charge in [-0.2, -0.15) is 0 Å². The lowest BCUT2D eigenvalue weighted by Gasteiger charge is -2.06. The molecule has 3 aromatic rings. The zero-order valence-electron chi connectivity index (χ0n) is 13.1. The Bertz CT molecular complexity index is 848. The van der Waals surface area contributed by atoms with Gasteiger partial charge in [0.1, 0.15) is 12.1 Å². The van der Waals surface area contributed by atoms with Gasteiger partial charge in [0.2, 0.25) is 5.89 Å². The fourth-order valence-corrected chi connectivity index (χ4v) is 2.29. The van der Waals surface area contributed by atoms with Crippen LogP contribution in [-0.4, -0.2) is 17.6 Å². The van der Waals surface area contributed by atoms with Crippen LogP contribution in [0.5, 0.6) is 0 Å². The van der Waals surface area contributed by atoms with E-state index in [1.54, 1.807) is 36.4 Å². The molecule has 0 atom stereocenters. The van der Waals surface area contributed by atoms with Crippen molar-refractivity contribution in [3.8, 4) is 11.5 Å². The highest BCUT2D eigenvalue weighted by Gasteiger charge is 2.08. The van der Waals surface area contributed by atoms with E-state index in [9.17, 15) is 9.18 Å². The molecule has 0 spiro atoms. The van der Waals surface area contributed by atoms with Crippen LogP contribution in [0.15, 0.2) is 59.2 Å². The SMILES string of the molecule is O=C(NCCc1coc(-c2ccc(F)cc2)n1)Nc1ccc(Cl)cc1. The Kier molecular flexibility index (Phi) is 5.30. The summed E-state index contributed by atoms with van der Waals surface area (Å²) in [5, 5.41) is 6.05. The van der Waals surface area contributed by atoms with Crippen molar-refractivity contribution in [2.75, 3.05) is 11.9 Å². The molecule has 3 rings (SSSR count). The molecule has 25 heavy (non-hydrogen) atoms. The van der Waals surface area contributed by atoms with Crippen LogP contribution in [0.1, 0.15) is 5.69 Å². The van der Waals surface area contributed by atoms with Gasteiger partial charge < -0.3 is 15.1 Å². The number of anilines is 1. The van der Waals surface area contributed by atoms with Crippen molar-refractivity contribution in [2.24, 2.45) is 0 Å². The molecule has 1 heterocycles. The fourth-order valence-electron chi connectivity index (χ4n) is 2.16. The normalized spacial score (nSPS) is 10.5. The van der Waals surface area contributed by atoms with Crippen molar-refractivity contribution in [2.45, 2.75) is 6.42 Å². The lowest BCUT2D eigenvalue weighted by atomic mass is 10.2. The van der Waals surface area contributed by atoms with Gasteiger partial charge in [0.05, 0.1) is 5.69 Å². The number of benzene rings is 2. The summed E-state index contributed by atoms with van der Waals surface area (Å²) in [6.07, 6.45) is 2.04. The number of rotatable bonds is 5. The molecule has 0 aliphatic rings. The number of hydrogen-bond donors (Lipinski definition) is 2. The van der Waals surface area contributed by atoms with Crippen LogP contribution in [0, 0.1) is 5.82 Å². The fraction of sp³-hybridized carbons (Fsp3) is 0.111. The summed E-state index contributed by atoms with van der Waals surface area (Å²) in [5.41, 5.74) is 2.05. The van der Waals surface area contributed by atoms with E-state index in [-0.39, 0.29) is 11.8 Å². The van der Waals surface area contributed by atoms with Crippen molar-refractivity contribution in [1.82, 2.24) is 10.3 Å². The van der Waals surface area contributed by atoms with Gasteiger partial charge in [0.15, 0.2) is 0 Å². The van der Waals surface area contributed by atoms with E-state index in [0.717, 1.165) is 0 Å². The predicted molar refractivity (Wildman–Crippen MR) is 94.1 cm³/mol. The average molecular weight is 360 g/mol. The molecule has 0 fully saturated rings. The molecule has 128 valence electrons. The summed E-state index contributed by atoms with van der Waals surface area (Å²) in [5.74, 6) is 0.104. The monoisotopic (exact) mass is 359 g/mol. The topological polar surface area (TPSA) is 67.2 Å². The third-order valence-electron chi connectivity index (χ3n) is 3.41. The molecule has 7 heteroatoms. The first-order valence-electron chi connectivity index (χ1n) is 7.61. The standard InChI is InChI=1S/C18H15ClFN3O2/c19-13-3-7-15(8-4-13)23-18(24)21-10-9-16-11-25-17(22-16)12-1-5-14(20)6-2-12/h1-8,11H,9-10H2,(H2,21,23,24). The van der Waals surface area contributed by atoms with E-state index < -0.39 is 0 Å². The van der Waals surface area contributed by atoms with Crippen molar-refractivity contribution in [1.29, 1.82) is 0 Å². The molecule has 0 saturated carbocycles. The number of carbonyl (C=O) groups is 1. The lowest BCUT2D eigenvalue weighted by Crippen LogP contribution is -2.30. The van der Waals surface area contributed by atoms with Crippen LogP contribution in [0.3, 0.4) is 0 Å². The maximum Gasteiger partial charge on any atom is 0.319 e. The molecule has 0 radical (unpaired) electrons. The van der Waals surface area contributed by atoms with Crippen LogP contribution < -0.4 is 10.6 Å². The molecule has 2 amide bonds. The third-order valence-corrected chi connectivity index (χ3v) is 3.66. The Morgan fingerprint density at radius 3 is 2.56 bits per heavy atom. The lowest BCUT2D eigenvalue weighted by molar-refractivity contribution is 0.252. The Morgan fingerprint density at radius 1 is 1.12 bits per heavy atom. The molecule has 0 aliphatic heterocycles. The number of nitrogens with one attached hydrogen (secondary N) is 2. The third kappa shape index (κ3) is 4.81. The van der Waals surface area contributed by atoms with E-state index in [2.05, 4.69) is 15.6 Å². The second-order valence-corrected chi connectivity index (χ2v) is 5.73. The molecule has 2 aromatic carbocycles. The zero-order chi connectivity index (χ0) is 17.6. The van der Waals surface area contributed by atoms with Crippen molar-refractivity contribution >= 4 is 23.3 Å². The van der Waals surface area contributed by atoms with Crippen molar-refractivity contribution < 1.29 is 13.6 Å². The quantitative estimate of drug-likeness (QED) is 0.704. The molecular formula is C18H15ClFN3O2. The van der Waals surface area contributed by atoms with Gasteiger partial charge >= 0.3 is 6.03 Å². The summed E-state index contributed by atoms with van der Waals surface area (Å²) in [6, 6.07) is 12.4. The highest BCUT2D eigenvalue weighted by molar-refractivity contribution is 6.30. The molecule has 0 aliphatic carbocycles. The summed E-state index contributed by atoms with van der Waals surface area (Å²) >= 11 is 5.79. The second-order valence-electron chi connectivity index (χ2n) is 5.29. The summed E-state index contributed by atoms with van der Waals surface area (Å²) in [7, 11) is 0. The Labute approximate surface area is 148 Å². The summed E-state index contributed by atoms with van der Waals surface area (Å²) in [4.78, 5) is 16.1. The van der Waals surface area contributed by atoms with Gasteiger partial charge in [0.25, 0.3) is 0 Å². The van der Waals surface area contributed by atoms with Crippen LogP contribution >= 0.6 is 11.6 Å². The van der Waals surface area contributed by atoms with Gasteiger partial charge in [-0.25, -0.2) is 14.2 Å². The first-order chi connectivity index (χ1) is 12.1. The predicted octanol–water partition coefficient (Wildman–Crippen LogP) is 4.50. The minimum atomic E-state index is -0.315. The van der Waals surface area contributed by atoms with E-state index in [0.29, 0.717) is 40.8 Å². The van der Waals surface area contributed by atoms with Crippen LogP contribution in [-0.2, 0) is 6.42 Å². The van der Waals surface area contributed by atoms with Crippen LogP contribution in [0.2, 0.25) is 5.02 Å². The van der Waals surface area contributed by atoms with Crippen LogP contribution in [0.25, 0.3) is 11.5 Å². The molecule has 0 bridgehead atoms. The molecule has 5 nitrogen and oxygen atoms in total. The van der Waals surface area contributed by atoms with Crippen molar-refractivity contribution in [3.63, 3.8) is 0 Å². The number of oxazole rings is 1. The molecule has 0 saturated heterocycles. The van der Waals surface area contributed by atoms with E-state index in [1.165, 1.54) is 18.4 Å². The minimum absolute atomic E-state index is 0.313. The Balaban J connectivity index is 1.48. The van der Waals surface area contributed by atoms with E-state index >= 15 is 0 Å². The number of aromatic nitrogens is 1. The maximum atomic E-state index is 12.9. The van der Waals surface area contributed by atoms with Gasteiger partial charge in [-0.05, 0) is 48.5 Å². The molecule has 1 aromatic heterocycles. The summed E-state index contributed by atoms with van der Waals surface area (Å²) in [6.45, 7) is 0.398. The maximum absolute atomic E-state index is 12.9. The van der Waals surface area contributed by atoms with Gasteiger partial charge in [-0.3, -0.25) is 0 Å². The number of halogens is 2. The molecule has 0 unspecified atom stereocenters. The molecular weight excluding hydrogens is 345 g/mol. The van der Waals surface area contributed by atoms with Gasteiger partial charge in [-0.1, -0.05) is 11.6 Å². The minimum Gasteiger partial charge on any atom is -0.444 e. The number of nitrogens with zero attached hydrogens (tertiary/aromatic N) is 1. The van der Waals surface area contributed by atoms with Gasteiger partial charge in [0, 0.05) is 29.2 Å². The average Bonchev–Trinajstić information content (AvgIpc) is 3.06. The summed E-state index contributed by atoms with van der Waals surface area (Å²) < 4.78 is 18.3. The zero-order valence-corrected chi connectivity index (χ0v) is 13.9. The van der Waals surface area contributed by atoms with E-state index in [1.807, 2.05) is 0 Å². The number of amides is 2. The van der Waals surface area contributed by atoms with Crippen molar-refractivity contribution in [3.05, 3.63) is 71.3 Å². The smallest absolute Gasteiger partial charge is 0.319 e. The first kappa shape index (κ1) is 17.0. The Morgan fingerprint density at radius 2 is 1.84 bits per heavy atom. The molecule has 2 N–H and O–H groups in total. The largest absolute Gasteiger partial charge is 0.444 e. The Hall–Kier alpha value is -2.86. The first-order valence-corrected chi connectivity index (χ1v) is 7.99. The highest BCUT2D eigenvalue weighted by Crippen LogP contribution is 2.19. The van der Waals surface area contributed by atoms with Gasteiger partial charge in [-0.15, -0.1) is 0 Å². The highest BCUT2D eigenvalue weighted by atomic mass is 35.5. The van der Waals surface area contributed by atoms with E-state index in [4.69, 9.17) is 16.0 Å². The number of carbonyl (C=O) groups excluding carboxylic acids is 1. The number of urea groups is 1. The second kappa shape index (κ2) is 7.81.